The number of anilines is 1. The predicted octanol–water partition coefficient (Wildman–Crippen LogP) is 4.70. The Kier molecular flexibility index (Phi) is 8.65. The first-order valence-electron chi connectivity index (χ1n) is 12.4. The lowest BCUT2D eigenvalue weighted by molar-refractivity contribution is -0.275. The van der Waals surface area contributed by atoms with Gasteiger partial charge in [0.05, 0.1) is 17.7 Å². The van der Waals surface area contributed by atoms with Crippen LogP contribution in [0.5, 0.6) is 11.5 Å². The van der Waals surface area contributed by atoms with Crippen LogP contribution in [-0.4, -0.2) is 70.1 Å². The number of aromatic nitrogens is 1. The third kappa shape index (κ3) is 7.26. The summed E-state index contributed by atoms with van der Waals surface area (Å²) in [7, 11) is -3.51. The van der Waals surface area contributed by atoms with Crippen LogP contribution in [0.15, 0.2) is 42.6 Å². The van der Waals surface area contributed by atoms with Gasteiger partial charge in [-0.1, -0.05) is 6.07 Å². The number of carbonyl (C=O) groups is 3. The molecule has 0 spiro atoms. The van der Waals surface area contributed by atoms with Gasteiger partial charge in [0.1, 0.15) is 24.5 Å². The average molecular weight is 617 g/mol. The first-order valence-corrected chi connectivity index (χ1v) is 14.7. The number of nitrogens with zero attached hydrogens (tertiary/aromatic N) is 2. The van der Waals surface area contributed by atoms with E-state index in [4.69, 9.17) is 4.74 Å². The number of rotatable bonds is 9. The van der Waals surface area contributed by atoms with Gasteiger partial charge in [-0.25, -0.2) is 8.78 Å². The van der Waals surface area contributed by atoms with E-state index < -0.39 is 80.9 Å². The number of carbonyl (C=O) groups excluding carboxylic acids is 3. The van der Waals surface area contributed by atoms with Crippen molar-refractivity contribution >= 4 is 41.6 Å². The zero-order chi connectivity index (χ0) is 31.0. The molecule has 2 heterocycles. The minimum Gasteiger partial charge on any atom is -0.483 e. The van der Waals surface area contributed by atoms with Crippen molar-refractivity contribution in [3.8, 4) is 11.5 Å². The maximum absolute atomic E-state index is 14.6. The molecule has 1 saturated heterocycles. The van der Waals surface area contributed by atoms with Crippen molar-refractivity contribution in [3.05, 3.63) is 54.0 Å². The van der Waals surface area contributed by atoms with Crippen LogP contribution in [0.2, 0.25) is 0 Å². The van der Waals surface area contributed by atoms with Crippen LogP contribution in [0.25, 0.3) is 10.9 Å². The molecule has 2 aromatic carbocycles. The van der Waals surface area contributed by atoms with Gasteiger partial charge in [0, 0.05) is 36.3 Å². The Morgan fingerprint density at radius 1 is 1.19 bits per heavy atom. The Morgan fingerprint density at radius 3 is 2.55 bits per heavy atom. The van der Waals surface area contributed by atoms with E-state index in [-0.39, 0.29) is 17.1 Å². The van der Waals surface area contributed by atoms with Crippen molar-refractivity contribution in [2.45, 2.75) is 38.5 Å². The molecular weight excluding hydrogens is 592 g/mol. The van der Waals surface area contributed by atoms with E-state index in [2.05, 4.69) is 10.1 Å². The van der Waals surface area contributed by atoms with Crippen LogP contribution in [0, 0.1) is 5.82 Å². The van der Waals surface area contributed by atoms with Crippen molar-refractivity contribution in [1.82, 2.24) is 9.47 Å². The summed E-state index contributed by atoms with van der Waals surface area (Å²) in [6, 6.07) is 5.75. The highest BCUT2D eigenvalue weighted by Gasteiger charge is 2.40. The quantitative estimate of drug-likeness (QED) is 0.203. The second kappa shape index (κ2) is 11.7. The topological polar surface area (TPSA) is 127 Å². The van der Waals surface area contributed by atoms with E-state index in [1.165, 1.54) is 35.9 Å². The molecule has 1 fully saturated rings. The monoisotopic (exact) mass is 617 g/mol. The summed E-state index contributed by atoms with van der Waals surface area (Å²) >= 11 is 0. The minimum absolute atomic E-state index is 0.182. The van der Waals surface area contributed by atoms with Gasteiger partial charge in [-0.2, -0.15) is 0 Å². The first kappa shape index (κ1) is 31.0. The Balaban J connectivity index is 1.57. The van der Waals surface area contributed by atoms with Gasteiger partial charge >= 0.3 is 6.36 Å². The molecule has 1 aliphatic heterocycles. The Morgan fingerprint density at radius 2 is 1.90 bits per heavy atom. The maximum atomic E-state index is 14.6. The van der Waals surface area contributed by atoms with Crippen LogP contribution < -0.4 is 14.8 Å². The van der Waals surface area contributed by atoms with Crippen molar-refractivity contribution in [3.63, 3.8) is 0 Å². The lowest BCUT2D eigenvalue weighted by Crippen LogP contribution is -2.44. The third-order valence-electron chi connectivity index (χ3n) is 6.33. The van der Waals surface area contributed by atoms with Crippen LogP contribution in [0.1, 0.15) is 23.7 Å². The first-order chi connectivity index (χ1) is 19.5. The lowest BCUT2D eigenvalue weighted by atomic mass is 10.1. The zero-order valence-corrected chi connectivity index (χ0v) is 23.0. The van der Waals surface area contributed by atoms with Gasteiger partial charge in [0.2, 0.25) is 19.2 Å². The Bertz CT molecular complexity index is 1590. The number of hydrogen-bond acceptors (Lipinski definition) is 6. The van der Waals surface area contributed by atoms with E-state index in [9.17, 15) is 45.8 Å². The summed E-state index contributed by atoms with van der Waals surface area (Å²) in [6.45, 7) is 1.49. The molecule has 3 aromatic rings. The second-order valence-corrected chi connectivity index (χ2v) is 12.1. The summed E-state index contributed by atoms with van der Waals surface area (Å²) < 4.78 is 88.7. The molecule has 0 radical (unpaired) electrons. The molecular formula is C26H25F5N3O7P. The second-order valence-electron chi connectivity index (χ2n) is 9.78. The van der Waals surface area contributed by atoms with E-state index in [1.807, 2.05) is 0 Å². The number of alkyl halides is 4. The zero-order valence-electron chi connectivity index (χ0n) is 22.2. The molecule has 1 unspecified atom stereocenters. The highest BCUT2D eigenvalue weighted by Crippen LogP contribution is 2.36. The molecule has 226 valence electrons. The molecule has 0 bridgehead atoms. The Hall–Kier alpha value is -3.97. The molecule has 2 N–H and O–H groups in total. The number of amides is 2. The third-order valence-corrected chi connectivity index (χ3v) is 6.94. The normalized spacial score (nSPS) is 18.5. The van der Waals surface area contributed by atoms with Gasteiger partial charge in [0.15, 0.2) is 23.7 Å². The van der Waals surface area contributed by atoms with Crippen molar-refractivity contribution < 1.29 is 55.3 Å². The fourth-order valence-corrected chi connectivity index (χ4v) is 4.93. The van der Waals surface area contributed by atoms with Gasteiger partial charge in [0.25, 0.3) is 0 Å². The van der Waals surface area contributed by atoms with Gasteiger partial charge in [-0.3, -0.25) is 18.9 Å². The lowest BCUT2D eigenvalue weighted by Gasteiger charge is -2.24. The number of halogens is 5. The molecule has 1 aliphatic rings. The fraction of sp³-hybridized carbons (Fsp3) is 0.346. The van der Waals surface area contributed by atoms with Crippen LogP contribution in [0.3, 0.4) is 0 Å². The predicted molar refractivity (Wildman–Crippen MR) is 140 cm³/mol. The SMILES string of the molecule is CC(=O)c1cn(CC(=O)N2C[C@H](F)C[C@H]2C(=O)Nc2cccc(OC(F)(F)F)c2F)c2cc(OCP(C)(=O)O)ccc12. The summed E-state index contributed by atoms with van der Waals surface area (Å²) in [5.74, 6) is -4.61. The summed E-state index contributed by atoms with van der Waals surface area (Å²) in [4.78, 5) is 49.0. The summed E-state index contributed by atoms with van der Waals surface area (Å²) in [5, 5.41) is 2.54. The van der Waals surface area contributed by atoms with Gasteiger partial charge in [-0.15, -0.1) is 13.2 Å². The largest absolute Gasteiger partial charge is 0.573 e. The van der Waals surface area contributed by atoms with Crippen LogP contribution in [-0.2, 0) is 20.7 Å². The van der Waals surface area contributed by atoms with Crippen molar-refractivity contribution in [1.29, 1.82) is 0 Å². The number of nitrogens with one attached hydrogen (secondary N) is 1. The molecule has 42 heavy (non-hydrogen) atoms. The minimum atomic E-state index is -5.19. The molecule has 10 nitrogen and oxygen atoms in total. The van der Waals surface area contributed by atoms with E-state index in [0.29, 0.717) is 17.0 Å². The summed E-state index contributed by atoms with van der Waals surface area (Å²) in [5.41, 5.74) is -0.0651. The van der Waals surface area contributed by atoms with Gasteiger partial charge < -0.3 is 29.2 Å². The number of hydrogen-bond donors (Lipinski definition) is 2. The van der Waals surface area contributed by atoms with E-state index in [1.54, 1.807) is 0 Å². The highest BCUT2D eigenvalue weighted by atomic mass is 31.2. The number of fused-ring (bicyclic) bond motifs is 1. The fourth-order valence-electron chi connectivity index (χ4n) is 4.54. The number of ketones is 1. The smallest absolute Gasteiger partial charge is 0.483 e. The molecule has 0 saturated carbocycles. The number of likely N-dealkylation sites (tertiary alicyclic amines) is 1. The van der Waals surface area contributed by atoms with E-state index in [0.717, 1.165) is 23.7 Å². The number of benzene rings is 2. The van der Waals surface area contributed by atoms with Crippen molar-refractivity contribution in [2.75, 3.05) is 24.9 Å². The molecule has 0 aliphatic carbocycles. The molecule has 4 rings (SSSR count). The maximum Gasteiger partial charge on any atom is 0.573 e. The molecule has 1 aromatic heterocycles. The average Bonchev–Trinajstić information content (AvgIpc) is 3.44. The highest BCUT2D eigenvalue weighted by molar-refractivity contribution is 7.56. The number of ether oxygens (including phenoxy) is 2. The van der Waals surface area contributed by atoms with E-state index >= 15 is 0 Å². The Labute approximate surface area is 235 Å². The standard InChI is InChI=1S/C26H25F5N3O7P/c1-14(35)18-11-33(20-9-16(6-7-17(18)20)40-13-42(2,38)39)12-23(36)34-10-15(27)8-21(34)25(37)32-19-4-3-5-22(24(19)28)41-26(29,30)31/h3-7,9,11,15,21H,8,10,12-13H2,1-2H3,(H,32,37)(H,38,39)/t15-,21+/m1/s1. The van der Waals surface area contributed by atoms with Crippen LogP contribution >= 0.6 is 7.37 Å². The molecule has 2 amide bonds. The number of Topliss-reactive ketones (excluding diaryl/α,β-unsaturated/α-hetero) is 1. The van der Waals surface area contributed by atoms with Crippen LogP contribution in [0.4, 0.5) is 27.6 Å². The van der Waals surface area contributed by atoms with Gasteiger partial charge in [-0.05, 0) is 31.2 Å². The molecule has 3 atom stereocenters. The van der Waals surface area contributed by atoms with Crippen molar-refractivity contribution in [2.24, 2.45) is 0 Å². The summed E-state index contributed by atoms with van der Waals surface area (Å²) in [6.07, 6.45) is -6.34. The molecule has 16 heteroatoms.